The van der Waals surface area contributed by atoms with Crippen LogP contribution in [-0.2, 0) is 17.8 Å². The summed E-state index contributed by atoms with van der Waals surface area (Å²) in [4.78, 5) is 12.3. The maximum atomic E-state index is 14.7. The highest BCUT2D eigenvalue weighted by molar-refractivity contribution is 9.10. The van der Waals surface area contributed by atoms with Crippen LogP contribution in [0.1, 0.15) is 12.1 Å². The number of aryl methyl sites for hydroxylation is 1. The zero-order chi connectivity index (χ0) is 21.7. The Labute approximate surface area is 195 Å². The minimum Gasteiger partial charge on any atom is -0.378 e. The normalized spacial score (nSPS) is 17.2. The van der Waals surface area contributed by atoms with Crippen LogP contribution in [0.4, 0.5) is 20.4 Å². The molecular weight excluding hydrogens is 517 g/mol. The maximum Gasteiger partial charge on any atom is 0.225 e. The number of rotatable bonds is 2. The number of hydrogen-bond donors (Lipinski definition) is 0. The number of nitrogens with zero attached hydrogens (tertiary/aromatic N) is 6. The van der Waals surface area contributed by atoms with Crippen molar-refractivity contribution >= 4 is 61.7 Å². The number of fused-ring (bicyclic) bond motifs is 2. The number of aromatic nitrogens is 4. The van der Waals surface area contributed by atoms with Crippen molar-refractivity contribution in [2.24, 2.45) is 0 Å². The van der Waals surface area contributed by atoms with Crippen LogP contribution in [0.15, 0.2) is 10.5 Å². The van der Waals surface area contributed by atoms with E-state index in [9.17, 15) is 8.78 Å². The van der Waals surface area contributed by atoms with E-state index < -0.39 is 11.6 Å². The molecule has 1 saturated heterocycles. The average Bonchev–Trinajstić information content (AvgIpc) is 2.94. The Balaban J connectivity index is 1.57. The highest BCUT2D eigenvalue weighted by atomic mass is 79.9. The molecule has 1 aromatic carbocycles. The standard InChI is InChI=1S/C19H17BrCl2F2N6O/c20-13-11(23)8-10-16(15(13)24)25-19(22)26-17(10)29-2-1-3-30-12(9-29)14(21)18(27-30)28-4-6-31-7-5-28/h8H,1-7,9H2. The SMILES string of the molecule is Fc1cc2c(N3CCCn4nc(N5CCOCC5)c(Cl)c4C3)nc(Cl)nc2c(F)c1Br. The summed E-state index contributed by atoms with van der Waals surface area (Å²) in [5.41, 5.74) is 0.780. The topological polar surface area (TPSA) is 59.3 Å². The highest BCUT2D eigenvalue weighted by Gasteiger charge is 2.28. The molecule has 0 radical (unpaired) electrons. The molecule has 164 valence electrons. The summed E-state index contributed by atoms with van der Waals surface area (Å²) in [6.07, 6.45) is 0.748. The number of morpholine rings is 1. The van der Waals surface area contributed by atoms with Crippen molar-refractivity contribution in [3.8, 4) is 0 Å². The van der Waals surface area contributed by atoms with Gasteiger partial charge in [-0.3, -0.25) is 4.68 Å². The second-order valence-corrected chi connectivity index (χ2v) is 8.89. The summed E-state index contributed by atoms with van der Waals surface area (Å²) >= 11 is 15.8. The fraction of sp³-hybridized carbons (Fsp3) is 0.421. The van der Waals surface area contributed by atoms with Gasteiger partial charge in [0.15, 0.2) is 11.6 Å². The van der Waals surface area contributed by atoms with Gasteiger partial charge in [-0.15, -0.1) is 0 Å². The van der Waals surface area contributed by atoms with Gasteiger partial charge in [-0.2, -0.15) is 10.1 Å². The highest BCUT2D eigenvalue weighted by Crippen LogP contribution is 2.36. The molecule has 1 fully saturated rings. The Hall–Kier alpha value is -1.75. The largest absolute Gasteiger partial charge is 0.378 e. The van der Waals surface area contributed by atoms with Crippen LogP contribution in [0.3, 0.4) is 0 Å². The molecule has 2 aliphatic heterocycles. The first-order valence-corrected chi connectivity index (χ1v) is 11.3. The van der Waals surface area contributed by atoms with E-state index in [0.29, 0.717) is 43.7 Å². The molecule has 3 aromatic rings. The number of benzene rings is 1. The van der Waals surface area contributed by atoms with Crippen LogP contribution in [0.25, 0.3) is 10.9 Å². The first kappa shape index (κ1) is 21.1. The van der Waals surface area contributed by atoms with Crippen molar-refractivity contribution in [2.45, 2.75) is 19.5 Å². The van der Waals surface area contributed by atoms with Gasteiger partial charge in [0.25, 0.3) is 0 Å². The van der Waals surface area contributed by atoms with E-state index in [0.717, 1.165) is 31.0 Å². The van der Waals surface area contributed by atoms with E-state index in [4.69, 9.17) is 33.0 Å². The Kier molecular flexibility index (Phi) is 5.66. The van der Waals surface area contributed by atoms with E-state index in [1.54, 1.807) is 0 Å². The smallest absolute Gasteiger partial charge is 0.225 e. The quantitative estimate of drug-likeness (QED) is 0.359. The average molecular weight is 534 g/mol. The van der Waals surface area contributed by atoms with Gasteiger partial charge in [0, 0.05) is 31.6 Å². The summed E-state index contributed by atoms with van der Waals surface area (Å²) in [6, 6.07) is 1.22. The first-order valence-electron chi connectivity index (χ1n) is 9.77. The van der Waals surface area contributed by atoms with Crippen molar-refractivity contribution in [3.05, 3.63) is 38.2 Å². The summed E-state index contributed by atoms with van der Waals surface area (Å²) < 4.78 is 36.0. The van der Waals surface area contributed by atoms with Crippen molar-refractivity contribution < 1.29 is 13.5 Å². The van der Waals surface area contributed by atoms with Gasteiger partial charge in [-0.05, 0) is 40.0 Å². The summed E-state index contributed by atoms with van der Waals surface area (Å²) in [5, 5.41) is 5.43. The van der Waals surface area contributed by atoms with Crippen LogP contribution in [0.2, 0.25) is 10.3 Å². The number of ether oxygens (including phenoxy) is 1. The predicted molar refractivity (Wildman–Crippen MR) is 118 cm³/mol. The monoisotopic (exact) mass is 532 g/mol. The lowest BCUT2D eigenvalue weighted by Gasteiger charge is -2.27. The molecule has 7 nitrogen and oxygen atoms in total. The van der Waals surface area contributed by atoms with Crippen molar-refractivity contribution in [1.29, 1.82) is 0 Å². The second-order valence-electron chi connectivity index (χ2n) is 7.38. The fourth-order valence-electron chi connectivity index (χ4n) is 4.00. The van der Waals surface area contributed by atoms with Gasteiger partial charge in [0.1, 0.15) is 22.2 Å². The molecular formula is C19H17BrCl2F2N6O. The lowest BCUT2D eigenvalue weighted by atomic mass is 10.2. The minimum atomic E-state index is -0.812. The van der Waals surface area contributed by atoms with Crippen LogP contribution < -0.4 is 9.80 Å². The van der Waals surface area contributed by atoms with Crippen LogP contribution in [0.5, 0.6) is 0 Å². The lowest BCUT2D eigenvalue weighted by molar-refractivity contribution is 0.122. The van der Waals surface area contributed by atoms with Crippen molar-refractivity contribution in [2.75, 3.05) is 42.6 Å². The van der Waals surface area contributed by atoms with Gasteiger partial charge in [0.05, 0.1) is 29.9 Å². The molecule has 0 spiro atoms. The van der Waals surface area contributed by atoms with E-state index in [1.165, 1.54) is 6.07 Å². The van der Waals surface area contributed by atoms with Crippen LogP contribution in [0, 0.1) is 11.6 Å². The lowest BCUT2D eigenvalue weighted by Crippen LogP contribution is -2.36. The second kappa shape index (κ2) is 8.31. The zero-order valence-corrected chi connectivity index (χ0v) is 19.3. The Morgan fingerprint density at radius 3 is 2.55 bits per heavy atom. The van der Waals surface area contributed by atoms with Gasteiger partial charge in [-0.25, -0.2) is 13.8 Å². The third-order valence-electron chi connectivity index (χ3n) is 5.51. The molecule has 0 N–H and O–H groups in total. The molecule has 4 heterocycles. The fourth-order valence-corrected chi connectivity index (χ4v) is 4.78. The van der Waals surface area contributed by atoms with Crippen molar-refractivity contribution in [3.63, 3.8) is 0 Å². The Morgan fingerprint density at radius 1 is 1.00 bits per heavy atom. The molecule has 12 heteroatoms. The van der Waals surface area contributed by atoms with E-state index in [1.807, 2.05) is 9.58 Å². The molecule has 2 aromatic heterocycles. The van der Waals surface area contributed by atoms with Gasteiger partial charge in [-0.1, -0.05) is 11.6 Å². The Morgan fingerprint density at radius 2 is 1.77 bits per heavy atom. The third kappa shape index (κ3) is 3.73. The molecule has 0 atom stereocenters. The predicted octanol–water partition coefficient (Wildman–Crippen LogP) is 4.42. The van der Waals surface area contributed by atoms with Gasteiger partial charge >= 0.3 is 0 Å². The molecule has 0 amide bonds. The number of halogens is 5. The molecule has 0 saturated carbocycles. The maximum absolute atomic E-state index is 14.7. The molecule has 31 heavy (non-hydrogen) atoms. The third-order valence-corrected chi connectivity index (χ3v) is 6.79. The van der Waals surface area contributed by atoms with Crippen LogP contribution in [-0.4, -0.2) is 52.6 Å². The summed E-state index contributed by atoms with van der Waals surface area (Å²) in [7, 11) is 0. The van der Waals surface area contributed by atoms with E-state index in [2.05, 4.69) is 30.8 Å². The molecule has 5 rings (SSSR count). The van der Waals surface area contributed by atoms with Gasteiger partial charge < -0.3 is 14.5 Å². The minimum absolute atomic E-state index is 0.0406. The molecule has 0 bridgehead atoms. The van der Waals surface area contributed by atoms with Crippen molar-refractivity contribution in [1.82, 2.24) is 19.7 Å². The molecule has 2 aliphatic rings. The number of anilines is 2. The zero-order valence-electron chi connectivity index (χ0n) is 16.2. The molecule has 0 unspecified atom stereocenters. The van der Waals surface area contributed by atoms with E-state index in [-0.39, 0.29) is 20.7 Å². The summed E-state index contributed by atoms with van der Waals surface area (Å²) in [6.45, 7) is 4.33. The van der Waals surface area contributed by atoms with Gasteiger partial charge in [0.2, 0.25) is 5.28 Å². The Bertz CT molecular complexity index is 1170. The first-order chi connectivity index (χ1) is 14.9. The number of hydrogen-bond acceptors (Lipinski definition) is 6. The van der Waals surface area contributed by atoms with Crippen LogP contribution >= 0.6 is 39.1 Å². The molecule has 0 aliphatic carbocycles. The summed E-state index contributed by atoms with van der Waals surface area (Å²) in [5.74, 6) is -0.454. The van der Waals surface area contributed by atoms with E-state index >= 15 is 0 Å².